The number of hydrogen-bond acceptors (Lipinski definition) is 5. The van der Waals surface area contributed by atoms with Crippen molar-refractivity contribution >= 4 is 33.9 Å². The number of nitrogens with zero attached hydrogens (tertiary/aromatic N) is 3. The van der Waals surface area contributed by atoms with Gasteiger partial charge in [0.2, 0.25) is 5.91 Å². The van der Waals surface area contributed by atoms with Crippen molar-refractivity contribution in [2.75, 3.05) is 24.5 Å². The van der Waals surface area contributed by atoms with Crippen LogP contribution in [0.1, 0.15) is 17.5 Å². The fourth-order valence-electron chi connectivity index (χ4n) is 3.03. The van der Waals surface area contributed by atoms with E-state index in [1.165, 1.54) is 11.3 Å². The zero-order valence-corrected chi connectivity index (χ0v) is 18.9. The van der Waals surface area contributed by atoms with Gasteiger partial charge in [-0.1, -0.05) is 30.3 Å². The molecule has 8 heteroatoms. The molecule has 0 aliphatic heterocycles. The monoisotopic (exact) mass is 443 g/mol. The van der Waals surface area contributed by atoms with Gasteiger partial charge in [-0.05, 0) is 37.6 Å². The molecule has 0 spiro atoms. The number of amides is 1. The third-order valence-corrected chi connectivity index (χ3v) is 6.98. The van der Waals surface area contributed by atoms with E-state index in [2.05, 4.69) is 4.98 Å². The van der Waals surface area contributed by atoms with Gasteiger partial charge in [0.05, 0.1) is 24.2 Å². The van der Waals surface area contributed by atoms with Crippen LogP contribution in [0.25, 0.3) is 0 Å². The number of thiazole rings is 1. The first kappa shape index (κ1) is 22.0. The van der Waals surface area contributed by atoms with Crippen molar-refractivity contribution in [1.29, 1.82) is 0 Å². The van der Waals surface area contributed by atoms with Crippen LogP contribution < -0.4 is 9.04 Å². The number of para-hydroxylation sites is 2. The molecule has 0 aliphatic rings. The highest BCUT2D eigenvalue weighted by atomic mass is 32.2. The molecule has 0 saturated heterocycles. The third-order valence-electron chi connectivity index (χ3n) is 4.66. The van der Waals surface area contributed by atoms with Gasteiger partial charge in [-0.2, -0.15) is 0 Å². The fourth-order valence-corrected chi connectivity index (χ4v) is 5.00. The van der Waals surface area contributed by atoms with E-state index in [0.717, 1.165) is 10.6 Å². The Hall–Kier alpha value is -2.71. The normalized spacial score (nSPS) is 11.7. The lowest BCUT2D eigenvalue weighted by Crippen LogP contribution is -2.41. The van der Waals surface area contributed by atoms with Gasteiger partial charge in [-0.25, -0.2) is 9.19 Å². The third kappa shape index (κ3) is 5.06. The predicted octanol–water partition coefficient (Wildman–Crippen LogP) is 4.04. The van der Waals surface area contributed by atoms with Crippen molar-refractivity contribution in [3.8, 4) is 5.75 Å². The number of methoxy groups -OCH3 is 1. The number of anilines is 1. The van der Waals surface area contributed by atoms with Crippen LogP contribution in [0.3, 0.4) is 0 Å². The topological polar surface area (TPSA) is 62.7 Å². The largest absolute Gasteiger partial charge is 0.495 e. The number of hydrogen-bond donors (Lipinski definition) is 0. The summed E-state index contributed by atoms with van der Waals surface area (Å²) in [5.74, 6) is 0.441. The number of ether oxygens (including phenoxy) is 1. The zero-order chi connectivity index (χ0) is 21.5. The standard InChI is InChI=1S/C22H25N3O3S2/c1-4-24(15-21-23-13-14-29-21)22(26)16-25(18-10-6-7-11-19(18)28-3)30(27)20-12-8-5-9-17(20)2/h5-14H,4,15-16H2,1-3H3. The Morgan fingerprint density at radius 3 is 2.57 bits per heavy atom. The van der Waals surface area contributed by atoms with Crippen LogP contribution in [0.15, 0.2) is 65.0 Å². The number of likely N-dealkylation sites (N-methyl/N-ethyl adjacent to an activating group) is 1. The lowest BCUT2D eigenvalue weighted by atomic mass is 10.2. The Morgan fingerprint density at radius 2 is 1.90 bits per heavy atom. The first-order valence-electron chi connectivity index (χ1n) is 9.59. The second-order valence-corrected chi connectivity index (χ2v) is 8.91. The molecule has 0 N–H and O–H groups in total. The molecular formula is C22H25N3O3S2. The highest BCUT2D eigenvalue weighted by Crippen LogP contribution is 2.31. The molecule has 1 atom stereocenters. The second kappa shape index (κ2) is 10.4. The molecule has 3 rings (SSSR count). The molecule has 2 aromatic carbocycles. The average Bonchev–Trinajstić information content (AvgIpc) is 3.29. The number of aryl methyl sites for hydroxylation is 1. The van der Waals surface area contributed by atoms with E-state index in [9.17, 15) is 9.00 Å². The SMILES string of the molecule is CCN(Cc1nccs1)C(=O)CN(c1ccccc1OC)S(=O)c1ccccc1C. The zero-order valence-electron chi connectivity index (χ0n) is 17.3. The first-order chi connectivity index (χ1) is 14.5. The summed E-state index contributed by atoms with van der Waals surface area (Å²) in [7, 11) is -0.0148. The second-order valence-electron chi connectivity index (χ2n) is 6.56. The Kier molecular flexibility index (Phi) is 7.59. The van der Waals surface area contributed by atoms with Crippen LogP contribution in [-0.4, -0.2) is 40.2 Å². The minimum absolute atomic E-state index is 0.0411. The molecule has 0 radical (unpaired) electrons. The van der Waals surface area contributed by atoms with Crippen molar-refractivity contribution < 1.29 is 13.7 Å². The van der Waals surface area contributed by atoms with Crippen molar-refractivity contribution in [3.05, 3.63) is 70.7 Å². The van der Waals surface area contributed by atoms with Gasteiger partial charge in [0, 0.05) is 18.1 Å². The van der Waals surface area contributed by atoms with Gasteiger partial charge < -0.3 is 9.64 Å². The number of aromatic nitrogens is 1. The molecule has 3 aromatic rings. The Labute approximate surface area is 183 Å². The Balaban J connectivity index is 1.94. The summed E-state index contributed by atoms with van der Waals surface area (Å²) < 4.78 is 20.7. The number of benzene rings is 2. The average molecular weight is 444 g/mol. The van der Waals surface area contributed by atoms with Crippen LogP contribution >= 0.6 is 11.3 Å². The van der Waals surface area contributed by atoms with E-state index in [4.69, 9.17) is 4.74 Å². The van der Waals surface area contributed by atoms with Crippen molar-refractivity contribution in [3.63, 3.8) is 0 Å². The van der Waals surface area contributed by atoms with Crippen LogP contribution in [0.5, 0.6) is 5.75 Å². The van der Waals surface area contributed by atoms with Crippen LogP contribution in [0.4, 0.5) is 5.69 Å². The lowest BCUT2D eigenvalue weighted by Gasteiger charge is -2.28. The summed E-state index contributed by atoms with van der Waals surface area (Å²) in [5, 5.41) is 2.76. The minimum Gasteiger partial charge on any atom is -0.495 e. The van der Waals surface area contributed by atoms with E-state index in [1.807, 2.05) is 61.7 Å². The van der Waals surface area contributed by atoms with Crippen molar-refractivity contribution in [1.82, 2.24) is 9.88 Å². The molecule has 0 aliphatic carbocycles. The summed E-state index contributed by atoms with van der Waals surface area (Å²) in [5.41, 5.74) is 1.51. The number of carbonyl (C=O) groups is 1. The minimum atomic E-state index is -1.58. The van der Waals surface area contributed by atoms with Gasteiger partial charge in [0.25, 0.3) is 0 Å². The van der Waals surface area contributed by atoms with E-state index in [1.54, 1.807) is 28.6 Å². The van der Waals surface area contributed by atoms with E-state index < -0.39 is 11.0 Å². The van der Waals surface area contributed by atoms with Gasteiger partial charge in [-0.15, -0.1) is 11.3 Å². The maximum Gasteiger partial charge on any atom is 0.243 e. The maximum atomic E-state index is 13.6. The molecule has 1 amide bonds. The predicted molar refractivity (Wildman–Crippen MR) is 121 cm³/mol. The van der Waals surface area contributed by atoms with Gasteiger partial charge >= 0.3 is 0 Å². The molecule has 30 heavy (non-hydrogen) atoms. The van der Waals surface area contributed by atoms with Crippen LogP contribution in [-0.2, 0) is 22.3 Å². The van der Waals surface area contributed by atoms with E-state index in [0.29, 0.717) is 29.4 Å². The first-order valence-corrected chi connectivity index (χ1v) is 11.6. The number of rotatable bonds is 9. The summed E-state index contributed by atoms with van der Waals surface area (Å²) in [6.07, 6.45) is 1.73. The maximum absolute atomic E-state index is 13.6. The smallest absolute Gasteiger partial charge is 0.243 e. The van der Waals surface area contributed by atoms with Crippen LogP contribution in [0, 0.1) is 6.92 Å². The van der Waals surface area contributed by atoms with Gasteiger partial charge in [-0.3, -0.25) is 9.10 Å². The molecule has 1 unspecified atom stereocenters. The van der Waals surface area contributed by atoms with Crippen molar-refractivity contribution in [2.45, 2.75) is 25.3 Å². The summed E-state index contributed by atoms with van der Waals surface area (Å²) >= 11 is 1.51. The Morgan fingerprint density at radius 1 is 1.17 bits per heavy atom. The summed E-state index contributed by atoms with van der Waals surface area (Å²) in [6.45, 7) is 4.77. The van der Waals surface area contributed by atoms with Crippen molar-refractivity contribution in [2.24, 2.45) is 0 Å². The van der Waals surface area contributed by atoms with Gasteiger partial charge in [0.15, 0.2) is 11.0 Å². The molecule has 0 bridgehead atoms. The van der Waals surface area contributed by atoms with E-state index >= 15 is 0 Å². The molecule has 1 heterocycles. The number of carbonyl (C=O) groups excluding carboxylic acids is 1. The molecular weight excluding hydrogens is 418 g/mol. The highest BCUT2D eigenvalue weighted by Gasteiger charge is 2.25. The molecule has 0 saturated carbocycles. The summed E-state index contributed by atoms with van der Waals surface area (Å²) in [6, 6.07) is 14.8. The lowest BCUT2D eigenvalue weighted by molar-refractivity contribution is -0.129. The van der Waals surface area contributed by atoms with Crippen LogP contribution in [0.2, 0.25) is 0 Å². The molecule has 158 valence electrons. The Bertz CT molecular complexity index is 1010. The highest BCUT2D eigenvalue weighted by molar-refractivity contribution is 7.86. The fraction of sp³-hybridized carbons (Fsp3) is 0.273. The molecule has 1 aromatic heterocycles. The van der Waals surface area contributed by atoms with E-state index in [-0.39, 0.29) is 12.5 Å². The quantitative estimate of drug-likeness (QED) is 0.501. The van der Waals surface area contributed by atoms with Gasteiger partial charge in [0.1, 0.15) is 17.3 Å². The molecule has 6 nitrogen and oxygen atoms in total. The molecule has 0 fully saturated rings. The summed E-state index contributed by atoms with van der Waals surface area (Å²) in [4.78, 5) is 19.9.